The van der Waals surface area contributed by atoms with Gasteiger partial charge in [0.25, 0.3) is 0 Å². The minimum Gasteiger partial charge on any atom is -0.495 e. The van der Waals surface area contributed by atoms with Crippen molar-refractivity contribution in [2.75, 3.05) is 25.5 Å². The van der Waals surface area contributed by atoms with E-state index in [9.17, 15) is 22.0 Å². The number of carbonyl (C=O) groups is 1. The fraction of sp³-hybridized carbons (Fsp3) is 0.316. The largest absolute Gasteiger partial charge is 0.495 e. The number of nitrogens with zero attached hydrogens (tertiary/aromatic N) is 1. The molecule has 1 amide bonds. The first-order valence-electron chi connectivity index (χ1n) is 8.82. The van der Waals surface area contributed by atoms with Gasteiger partial charge >= 0.3 is 0 Å². The molecule has 0 bridgehead atoms. The molecule has 0 aromatic heterocycles. The lowest BCUT2D eigenvalue weighted by Crippen LogP contribution is -2.41. The number of carbonyl (C=O) groups excluding carboxylic acids is 1. The molecule has 0 radical (unpaired) electrons. The van der Waals surface area contributed by atoms with Gasteiger partial charge in [-0.1, -0.05) is 11.6 Å². The predicted octanol–water partition coefficient (Wildman–Crippen LogP) is 3.67. The van der Waals surface area contributed by atoms with Crippen LogP contribution in [-0.4, -0.2) is 38.8 Å². The van der Waals surface area contributed by atoms with E-state index in [1.54, 1.807) is 0 Å². The SMILES string of the molecule is COc1ccc(Cl)cc1S(=O)(=O)N1CCC(C(=O)Nc2ccc(F)c(F)c2)CC1. The molecule has 1 saturated heterocycles. The molecule has 1 fully saturated rings. The van der Waals surface area contributed by atoms with Gasteiger partial charge in [-0.25, -0.2) is 17.2 Å². The molecule has 156 valence electrons. The minimum absolute atomic E-state index is 0.0304. The van der Waals surface area contributed by atoms with Crippen LogP contribution in [0.15, 0.2) is 41.3 Å². The number of hydrogen-bond donors (Lipinski definition) is 1. The molecule has 6 nitrogen and oxygen atoms in total. The summed E-state index contributed by atoms with van der Waals surface area (Å²) in [6.45, 7) is 0.266. The summed E-state index contributed by atoms with van der Waals surface area (Å²) in [4.78, 5) is 12.4. The van der Waals surface area contributed by atoms with Crippen LogP contribution in [-0.2, 0) is 14.8 Å². The summed E-state index contributed by atoms with van der Waals surface area (Å²) in [5.74, 6) is -2.69. The van der Waals surface area contributed by atoms with Gasteiger partial charge < -0.3 is 10.1 Å². The molecule has 10 heteroatoms. The van der Waals surface area contributed by atoms with Crippen molar-refractivity contribution in [3.63, 3.8) is 0 Å². The maximum absolute atomic E-state index is 13.3. The van der Waals surface area contributed by atoms with Crippen molar-refractivity contribution < 1.29 is 26.7 Å². The number of benzene rings is 2. The molecule has 2 aromatic rings. The van der Waals surface area contributed by atoms with Gasteiger partial charge in [-0.15, -0.1) is 0 Å². The number of rotatable bonds is 5. The molecule has 1 N–H and O–H groups in total. The Morgan fingerprint density at radius 2 is 1.83 bits per heavy atom. The second kappa shape index (κ2) is 8.64. The Hall–Kier alpha value is -2.23. The lowest BCUT2D eigenvalue weighted by molar-refractivity contribution is -0.120. The van der Waals surface area contributed by atoms with Gasteiger partial charge in [0.05, 0.1) is 7.11 Å². The van der Waals surface area contributed by atoms with E-state index in [-0.39, 0.29) is 53.2 Å². The van der Waals surface area contributed by atoms with Gasteiger partial charge in [-0.2, -0.15) is 4.31 Å². The van der Waals surface area contributed by atoms with Crippen molar-refractivity contribution >= 4 is 33.2 Å². The molecule has 3 rings (SSSR count). The van der Waals surface area contributed by atoms with Gasteiger partial charge in [-0.05, 0) is 43.2 Å². The Morgan fingerprint density at radius 1 is 1.14 bits per heavy atom. The Labute approximate surface area is 172 Å². The second-order valence-electron chi connectivity index (χ2n) is 6.59. The highest BCUT2D eigenvalue weighted by Crippen LogP contribution is 2.32. The van der Waals surface area contributed by atoms with Crippen molar-refractivity contribution in [3.05, 3.63) is 53.1 Å². The summed E-state index contributed by atoms with van der Waals surface area (Å²) in [6, 6.07) is 7.45. The molecule has 0 aliphatic carbocycles. The number of piperidine rings is 1. The van der Waals surface area contributed by atoms with Gasteiger partial charge in [0, 0.05) is 35.8 Å². The van der Waals surface area contributed by atoms with E-state index < -0.39 is 27.6 Å². The zero-order valence-corrected chi connectivity index (χ0v) is 17.1. The molecule has 0 unspecified atom stereocenters. The molecule has 2 aromatic carbocycles. The topological polar surface area (TPSA) is 75.7 Å². The average Bonchev–Trinajstić information content (AvgIpc) is 2.70. The van der Waals surface area contributed by atoms with Gasteiger partial charge in [-0.3, -0.25) is 4.79 Å². The highest BCUT2D eigenvalue weighted by atomic mass is 35.5. The second-order valence-corrected chi connectivity index (χ2v) is 8.93. The van der Waals surface area contributed by atoms with E-state index in [0.29, 0.717) is 0 Å². The standard InChI is InChI=1S/C19H19ClF2N2O4S/c1-28-17-5-2-13(20)10-18(17)29(26,27)24-8-6-12(7-9-24)19(25)23-14-3-4-15(21)16(22)11-14/h2-5,10-12H,6-9H2,1H3,(H,23,25). The normalized spacial score (nSPS) is 15.9. The summed E-state index contributed by atoms with van der Waals surface area (Å²) >= 11 is 5.94. The molecular weight excluding hydrogens is 426 g/mol. The number of hydrogen-bond acceptors (Lipinski definition) is 4. The van der Waals surface area contributed by atoms with Crippen molar-refractivity contribution in [2.45, 2.75) is 17.7 Å². The quantitative estimate of drug-likeness (QED) is 0.763. The third kappa shape index (κ3) is 4.68. The smallest absolute Gasteiger partial charge is 0.246 e. The average molecular weight is 445 g/mol. The van der Waals surface area contributed by atoms with Crippen LogP contribution < -0.4 is 10.1 Å². The number of halogens is 3. The van der Waals surface area contributed by atoms with E-state index in [1.165, 1.54) is 35.7 Å². The molecule has 1 heterocycles. The number of nitrogens with one attached hydrogen (secondary N) is 1. The first-order valence-corrected chi connectivity index (χ1v) is 10.6. The molecule has 1 aliphatic heterocycles. The lowest BCUT2D eigenvalue weighted by atomic mass is 9.97. The summed E-state index contributed by atoms with van der Waals surface area (Å²) in [5.41, 5.74) is 0.146. The van der Waals surface area contributed by atoms with Gasteiger partial charge in [0.2, 0.25) is 15.9 Å². The van der Waals surface area contributed by atoms with E-state index in [1.807, 2.05) is 0 Å². The van der Waals surface area contributed by atoms with Crippen LogP contribution in [0.5, 0.6) is 5.75 Å². The summed E-state index contributed by atoms with van der Waals surface area (Å²) < 4.78 is 58.6. The Morgan fingerprint density at radius 3 is 2.45 bits per heavy atom. The Bertz CT molecular complexity index is 1020. The number of ether oxygens (including phenoxy) is 1. The maximum atomic E-state index is 13.3. The molecule has 1 aliphatic rings. The van der Waals surface area contributed by atoms with Crippen LogP contribution in [0.1, 0.15) is 12.8 Å². The fourth-order valence-corrected chi connectivity index (χ4v) is 5.06. The van der Waals surface area contributed by atoms with Crippen molar-refractivity contribution in [3.8, 4) is 5.75 Å². The molecule has 0 atom stereocenters. The van der Waals surface area contributed by atoms with Crippen LogP contribution in [0.25, 0.3) is 0 Å². The van der Waals surface area contributed by atoms with Gasteiger partial charge in [0.15, 0.2) is 11.6 Å². The first-order chi connectivity index (χ1) is 13.7. The zero-order chi connectivity index (χ0) is 21.2. The van der Waals surface area contributed by atoms with E-state index in [4.69, 9.17) is 16.3 Å². The Kier molecular flexibility index (Phi) is 6.40. The number of methoxy groups -OCH3 is 1. The van der Waals surface area contributed by atoms with Gasteiger partial charge in [0.1, 0.15) is 10.6 Å². The van der Waals surface area contributed by atoms with Crippen LogP contribution in [0.4, 0.5) is 14.5 Å². The summed E-state index contributed by atoms with van der Waals surface area (Å²) in [6.07, 6.45) is 0.579. The first kappa shape index (κ1) is 21.5. The monoisotopic (exact) mass is 444 g/mol. The van der Waals surface area contributed by atoms with Crippen LogP contribution in [0.2, 0.25) is 5.02 Å². The minimum atomic E-state index is -3.84. The lowest BCUT2D eigenvalue weighted by Gasteiger charge is -2.31. The highest BCUT2D eigenvalue weighted by Gasteiger charge is 2.34. The number of amides is 1. The van der Waals surface area contributed by atoms with Crippen LogP contribution in [0, 0.1) is 17.6 Å². The van der Waals surface area contributed by atoms with Crippen molar-refractivity contribution in [1.82, 2.24) is 4.31 Å². The molecule has 0 spiro atoms. The predicted molar refractivity (Wildman–Crippen MR) is 104 cm³/mol. The molecular formula is C19H19ClF2N2O4S. The van der Waals surface area contributed by atoms with Crippen LogP contribution >= 0.6 is 11.6 Å². The van der Waals surface area contributed by atoms with Crippen LogP contribution in [0.3, 0.4) is 0 Å². The zero-order valence-electron chi connectivity index (χ0n) is 15.5. The highest BCUT2D eigenvalue weighted by molar-refractivity contribution is 7.89. The number of anilines is 1. The third-order valence-electron chi connectivity index (χ3n) is 4.76. The van der Waals surface area contributed by atoms with Crippen molar-refractivity contribution in [2.24, 2.45) is 5.92 Å². The Balaban J connectivity index is 1.67. The summed E-state index contributed by atoms with van der Waals surface area (Å²) in [7, 11) is -2.47. The number of sulfonamides is 1. The maximum Gasteiger partial charge on any atom is 0.246 e. The molecule has 0 saturated carbocycles. The van der Waals surface area contributed by atoms with Crippen molar-refractivity contribution in [1.29, 1.82) is 0 Å². The van der Waals surface area contributed by atoms with E-state index in [0.717, 1.165) is 12.1 Å². The van der Waals surface area contributed by atoms with E-state index in [2.05, 4.69) is 5.32 Å². The fourth-order valence-electron chi connectivity index (χ4n) is 3.17. The van der Waals surface area contributed by atoms with E-state index >= 15 is 0 Å². The summed E-state index contributed by atoms with van der Waals surface area (Å²) in [5, 5.41) is 2.81. The third-order valence-corrected chi connectivity index (χ3v) is 6.91. The molecule has 29 heavy (non-hydrogen) atoms.